The SMILES string of the molecule is CN=C(NCCNS(=O)(=O)c1ccc(C)s1)N1CCC(OCCCOC)CC1.I. The van der Waals surface area contributed by atoms with Gasteiger partial charge in [-0.3, -0.25) is 4.99 Å². The number of halogens is 1. The molecular formula is C18H33IN4O4S2. The zero-order valence-corrected chi connectivity index (χ0v) is 21.3. The van der Waals surface area contributed by atoms with Crippen molar-refractivity contribution in [1.82, 2.24) is 14.9 Å². The van der Waals surface area contributed by atoms with Crippen LogP contribution in [0.3, 0.4) is 0 Å². The number of methoxy groups -OCH3 is 1. The zero-order valence-electron chi connectivity index (χ0n) is 17.3. The van der Waals surface area contributed by atoms with Gasteiger partial charge < -0.3 is 19.7 Å². The molecule has 1 aliphatic rings. The van der Waals surface area contributed by atoms with Crippen LogP contribution in [0.1, 0.15) is 24.1 Å². The first-order chi connectivity index (χ1) is 13.5. The van der Waals surface area contributed by atoms with Crippen molar-refractivity contribution >= 4 is 51.3 Å². The van der Waals surface area contributed by atoms with Crippen molar-refractivity contribution in [3.05, 3.63) is 17.0 Å². The van der Waals surface area contributed by atoms with E-state index in [-0.39, 0.29) is 30.1 Å². The fourth-order valence-electron chi connectivity index (χ4n) is 3.01. The van der Waals surface area contributed by atoms with Gasteiger partial charge in [0.2, 0.25) is 10.0 Å². The number of thiophene rings is 1. The third kappa shape index (κ3) is 9.05. The van der Waals surface area contributed by atoms with E-state index >= 15 is 0 Å². The Hall–Kier alpha value is -0.470. The largest absolute Gasteiger partial charge is 0.385 e. The number of guanidine groups is 1. The predicted octanol–water partition coefficient (Wildman–Crippen LogP) is 2.05. The summed E-state index contributed by atoms with van der Waals surface area (Å²) in [6, 6.07) is 3.44. The second-order valence-electron chi connectivity index (χ2n) is 6.64. The van der Waals surface area contributed by atoms with E-state index in [2.05, 4.69) is 19.9 Å². The van der Waals surface area contributed by atoms with Crippen molar-refractivity contribution in [1.29, 1.82) is 0 Å². The van der Waals surface area contributed by atoms with Crippen LogP contribution in [0.15, 0.2) is 21.3 Å². The van der Waals surface area contributed by atoms with Crippen molar-refractivity contribution in [2.75, 3.05) is 53.6 Å². The summed E-state index contributed by atoms with van der Waals surface area (Å²) in [5, 5.41) is 3.24. The number of nitrogens with one attached hydrogen (secondary N) is 2. The molecule has 0 aromatic carbocycles. The van der Waals surface area contributed by atoms with Crippen LogP contribution in [0.5, 0.6) is 0 Å². The van der Waals surface area contributed by atoms with Crippen molar-refractivity contribution in [2.45, 2.75) is 36.5 Å². The van der Waals surface area contributed by atoms with Gasteiger partial charge in [-0.05, 0) is 38.3 Å². The van der Waals surface area contributed by atoms with Crippen LogP contribution >= 0.6 is 35.3 Å². The molecule has 2 heterocycles. The summed E-state index contributed by atoms with van der Waals surface area (Å²) in [5.41, 5.74) is 0. The lowest BCUT2D eigenvalue weighted by atomic mass is 10.1. The Morgan fingerprint density at radius 1 is 1.28 bits per heavy atom. The maximum Gasteiger partial charge on any atom is 0.250 e. The normalized spacial score (nSPS) is 16.0. The number of aryl methyl sites for hydroxylation is 1. The average molecular weight is 561 g/mol. The van der Waals surface area contributed by atoms with E-state index in [0.29, 0.717) is 17.3 Å². The highest BCUT2D eigenvalue weighted by Gasteiger charge is 2.22. The molecule has 0 bridgehead atoms. The lowest BCUT2D eigenvalue weighted by molar-refractivity contribution is 0.00992. The molecule has 0 saturated carbocycles. The number of aliphatic imine (C=N–C) groups is 1. The summed E-state index contributed by atoms with van der Waals surface area (Å²) in [6.07, 6.45) is 3.11. The van der Waals surface area contributed by atoms with Crippen LogP contribution in [0.25, 0.3) is 0 Å². The van der Waals surface area contributed by atoms with Gasteiger partial charge >= 0.3 is 0 Å². The van der Waals surface area contributed by atoms with Gasteiger partial charge in [0.1, 0.15) is 4.21 Å². The van der Waals surface area contributed by atoms with Crippen molar-refractivity contribution in [3.8, 4) is 0 Å². The minimum absolute atomic E-state index is 0. The van der Waals surface area contributed by atoms with Crippen LogP contribution in [-0.2, 0) is 19.5 Å². The maximum atomic E-state index is 12.2. The van der Waals surface area contributed by atoms with E-state index in [0.717, 1.165) is 56.4 Å². The van der Waals surface area contributed by atoms with Crippen LogP contribution in [0.2, 0.25) is 0 Å². The highest BCUT2D eigenvalue weighted by molar-refractivity contribution is 14.0. The molecule has 1 fully saturated rings. The molecular weight excluding hydrogens is 527 g/mol. The van der Waals surface area contributed by atoms with Crippen LogP contribution in [0, 0.1) is 6.92 Å². The number of likely N-dealkylation sites (tertiary alicyclic amines) is 1. The Morgan fingerprint density at radius 3 is 2.59 bits per heavy atom. The first-order valence-electron chi connectivity index (χ1n) is 9.58. The highest BCUT2D eigenvalue weighted by Crippen LogP contribution is 2.20. The monoisotopic (exact) mass is 560 g/mol. The number of piperidine rings is 1. The third-order valence-electron chi connectivity index (χ3n) is 4.48. The first kappa shape index (κ1) is 26.6. The van der Waals surface area contributed by atoms with Gasteiger partial charge in [-0.25, -0.2) is 13.1 Å². The molecule has 29 heavy (non-hydrogen) atoms. The standard InChI is InChI=1S/C18H32N4O4S2.HI/c1-15-5-6-17(27-15)28(23,24)21-10-9-20-18(19-2)22-11-7-16(8-12-22)26-14-4-13-25-3;/h5-6,16,21H,4,7-14H2,1-3H3,(H,19,20);1H. The molecule has 2 N–H and O–H groups in total. The van der Waals surface area contributed by atoms with Crippen molar-refractivity contribution < 1.29 is 17.9 Å². The minimum atomic E-state index is -3.44. The third-order valence-corrected chi connectivity index (χ3v) is 7.43. The summed E-state index contributed by atoms with van der Waals surface area (Å²) in [6.45, 7) is 5.87. The lowest BCUT2D eigenvalue weighted by Gasteiger charge is -2.34. The number of hydrogen-bond donors (Lipinski definition) is 2. The van der Waals surface area contributed by atoms with Gasteiger partial charge in [-0.2, -0.15) is 0 Å². The van der Waals surface area contributed by atoms with E-state index in [1.807, 2.05) is 13.0 Å². The lowest BCUT2D eigenvalue weighted by Crippen LogP contribution is -2.48. The highest BCUT2D eigenvalue weighted by atomic mass is 127. The average Bonchev–Trinajstić information content (AvgIpc) is 3.13. The molecule has 0 radical (unpaired) electrons. The van der Waals surface area contributed by atoms with E-state index in [9.17, 15) is 8.42 Å². The second-order valence-corrected chi connectivity index (χ2v) is 9.92. The Kier molecular flexibility index (Phi) is 12.6. The number of ether oxygens (including phenoxy) is 2. The predicted molar refractivity (Wildman–Crippen MR) is 128 cm³/mol. The molecule has 0 unspecified atom stereocenters. The number of rotatable bonds is 10. The van der Waals surface area contributed by atoms with Gasteiger partial charge in [0.15, 0.2) is 5.96 Å². The quantitative estimate of drug-likeness (QED) is 0.197. The molecule has 0 aliphatic carbocycles. The summed E-state index contributed by atoms with van der Waals surface area (Å²) in [5.74, 6) is 0.795. The molecule has 1 aromatic rings. The van der Waals surface area contributed by atoms with Gasteiger partial charge in [0.25, 0.3) is 0 Å². The van der Waals surface area contributed by atoms with E-state index < -0.39 is 10.0 Å². The topological polar surface area (TPSA) is 92.3 Å². The molecule has 2 rings (SSSR count). The van der Waals surface area contributed by atoms with E-state index in [1.54, 1.807) is 20.2 Å². The summed E-state index contributed by atoms with van der Waals surface area (Å²) < 4.78 is 38.4. The Balaban J connectivity index is 0.00000420. The number of sulfonamides is 1. The van der Waals surface area contributed by atoms with Gasteiger partial charge in [-0.1, -0.05) is 0 Å². The molecule has 8 nitrogen and oxygen atoms in total. The summed E-state index contributed by atoms with van der Waals surface area (Å²) >= 11 is 1.27. The van der Waals surface area contributed by atoms with Crippen molar-refractivity contribution in [2.24, 2.45) is 4.99 Å². The second kappa shape index (κ2) is 13.8. The summed E-state index contributed by atoms with van der Waals surface area (Å²) in [7, 11) is 0.00407. The van der Waals surface area contributed by atoms with Gasteiger partial charge in [0.05, 0.1) is 6.10 Å². The van der Waals surface area contributed by atoms with Crippen LogP contribution < -0.4 is 10.0 Å². The Labute approximate surface area is 195 Å². The molecule has 0 spiro atoms. The van der Waals surface area contributed by atoms with Crippen molar-refractivity contribution in [3.63, 3.8) is 0 Å². The number of hydrogen-bond acceptors (Lipinski definition) is 6. The van der Waals surface area contributed by atoms with Crippen LogP contribution in [-0.4, -0.2) is 78.9 Å². The molecule has 0 atom stereocenters. The number of nitrogens with zero attached hydrogens (tertiary/aromatic N) is 2. The Morgan fingerprint density at radius 2 is 2.00 bits per heavy atom. The molecule has 1 aromatic heterocycles. The fraction of sp³-hybridized carbons (Fsp3) is 0.722. The van der Waals surface area contributed by atoms with Gasteiger partial charge in [-0.15, -0.1) is 35.3 Å². The minimum Gasteiger partial charge on any atom is -0.385 e. The molecule has 168 valence electrons. The molecule has 11 heteroatoms. The summed E-state index contributed by atoms with van der Waals surface area (Å²) in [4.78, 5) is 7.48. The Bertz CT molecular complexity index is 719. The molecule has 1 saturated heterocycles. The first-order valence-corrected chi connectivity index (χ1v) is 11.9. The fourth-order valence-corrected chi connectivity index (χ4v) is 5.37. The van der Waals surface area contributed by atoms with E-state index in [1.165, 1.54) is 11.3 Å². The van der Waals surface area contributed by atoms with Crippen LogP contribution in [0.4, 0.5) is 0 Å². The van der Waals surface area contributed by atoms with E-state index in [4.69, 9.17) is 9.47 Å². The molecule has 0 amide bonds. The van der Waals surface area contributed by atoms with Gasteiger partial charge in [0, 0.05) is 58.4 Å². The molecule has 1 aliphatic heterocycles. The smallest absolute Gasteiger partial charge is 0.250 e. The zero-order chi connectivity index (χ0) is 20.4. The maximum absolute atomic E-state index is 12.2.